The Bertz CT molecular complexity index is 565. The monoisotopic (exact) mass is 327 g/mol. The predicted octanol–water partition coefficient (Wildman–Crippen LogP) is 3.04. The van der Waals surface area contributed by atoms with Gasteiger partial charge in [-0.2, -0.15) is 0 Å². The fourth-order valence-electron chi connectivity index (χ4n) is 1.36. The molecule has 0 spiro atoms. The van der Waals surface area contributed by atoms with Gasteiger partial charge in [-0.3, -0.25) is 9.59 Å². The van der Waals surface area contributed by atoms with Crippen LogP contribution in [0.5, 0.6) is 5.75 Å². The first-order valence-corrected chi connectivity index (χ1v) is 6.38. The topological polar surface area (TPSA) is 68.4 Å². The zero-order valence-electron chi connectivity index (χ0n) is 10.6. The molecule has 0 fully saturated rings. The second kappa shape index (κ2) is 7.58. The molecule has 0 aliphatic carbocycles. The molecular formula is C13H14BrNO4. The summed E-state index contributed by atoms with van der Waals surface area (Å²) in [6, 6.07) is 5.45. The third-order valence-electron chi connectivity index (χ3n) is 2.10. The molecule has 19 heavy (non-hydrogen) atoms. The third kappa shape index (κ3) is 4.75. The van der Waals surface area contributed by atoms with Gasteiger partial charge in [0.2, 0.25) is 0 Å². The number of aromatic nitrogens is 1. The molecule has 6 heteroatoms. The first-order valence-electron chi connectivity index (χ1n) is 5.58. The van der Waals surface area contributed by atoms with Gasteiger partial charge < -0.3 is 14.5 Å². The normalized spacial score (nSPS) is 9.42. The third-order valence-corrected chi connectivity index (χ3v) is 2.76. The molecule has 0 saturated carbocycles. The van der Waals surface area contributed by atoms with Crippen molar-refractivity contribution < 1.29 is 19.1 Å². The van der Waals surface area contributed by atoms with Crippen molar-refractivity contribution >= 4 is 39.3 Å². The number of nitrogens with one attached hydrogen (secondary N) is 1. The zero-order valence-corrected chi connectivity index (χ0v) is 12.2. The van der Waals surface area contributed by atoms with Crippen LogP contribution >= 0.6 is 15.9 Å². The number of hydrogen-bond donors (Lipinski definition) is 1. The van der Waals surface area contributed by atoms with E-state index < -0.39 is 0 Å². The Morgan fingerprint density at radius 1 is 1.47 bits per heavy atom. The van der Waals surface area contributed by atoms with E-state index in [-0.39, 0.29) is 5.97 Å². The summed E-state index contributed by atoms with van der Waals surface area (Å²) in [4.78, 5) is 23.0. The van der Waals surface area contributed by atoms with Crippen molar-refractivity contribution in [1.29, 1.82) is 0 Å². The van der Waals surface area contributed by atoms with Crippen LogP contribution in [0, 0.1) is 0 Å². The fourth-order valence-corrected chi connectivity index (χ4v) is 1.81. The molecule has 0 aliphatic rings. The highest BCUT2D eigenvalue weighted by atomic mass is 79.9. The molecule has 0 amide bonds. The number of H-pyrrole nitrogens is 1. The van der Waals surface area contributed by atoms with Crippen molar-refractivity contribution in [3.63, 3.8) is 0 Å². The lowest BCUT2D eigenvalue weighted by Crippen LogP contribution is -2.00. The van der Waals surface area contributed by atoms with Crippen LogP contribution in [0.4, 0.5) is 0 Å². The van der Waals surface area contributed by atoms with Gasteiger partial charge in [-0.1, -0.05) is 0 Å². The van der Waals surface area contributed by atoms with E-state index in [1.165, 1.54) is 6.92 Å². The maximum atomic E-state index is 10.7. The van der Waals surface area contributed by atoms with E-state index in [1.807, 2.05) is 18.3 Å². The molecule has 1 heterocycles. The number of rotatable bonds is 3. The van der Waals surface area contributed by atoms with Gasteiger partial charge in [0.05, 0.1) is 6.61 Å². The minimum absolute atomic E-state index is 0.309. The van der Waals surface area contributed by atoms with Gasteiger partial charge in [-0.05, 0) is 41.1 Å². The van der Waals surface area contributed by atoms with Crippen LogP contribution in [0.15, 0.2) is 28.9 Å². The highest BCUT2D eigenvalue weighted by Crippen LogP contribution is 2.27. The highest BCUT2D eigenvalue weighted by Gasteiger charge is 2.03. The largest absolute Gasteiger partial charge is 0.468 e. The second-order valence-corrected chi connectivity index (χ2v) is 4.34. The number of benzene rings is 1. The van der Waals surface area contributed by atoms with Gasteiger partial charge in [-0.25, -0.2) is 0 Å². The van der Waals surface area contributed by atoms with E-state index in [4.69, 9.17) is 4.74 Å². The van der Waals surface area contributed by atoms with Crippen molar-refractivity contribution in [2.24, 2.45) is 0 Å². The van der Waals surface area contributed by atoms with Gasteiger partial charge >= 0.3 is 5.97 Å². The molecule has 2 rings (SSSR count). The average molecular weight is 328 g/mol. The van der Waals surface area contributed by atoms with E-state index in [0.29, 0.717) is 18.8 Å². The molecule has 0 aliphatic heterocycles. The number of carbonyl (C=O) groups excluding carboxylic acids is 2. The maximum absolute atomic E-state index is 10.7. The van der Waals surface area contributed by atoms with Crippen LogP contribution in [0.2, 0.25) is 0 Å². The van der Waals surface area contributed by atoms with Crippen molar-refractivity contribution in [2.45, 2.75) is 13.8 Å². The lowest BCUT2D eigenvalue weighted by molar-refractivity contribution is -0.132. The Labute approximate surface area is 119 Å². The summed E-state index contributed by atoms with van der Waals surface area (Å²) in [6.07, 6.45) is 1.85. The van der Waals surface area contributed by atoms with Crippen molar-refractivity contribution in [3.05, 3.63) is 28.9 Å². The second-order valence-electron chi connectivity index (χ2n) is 3.49. The Morgan fingerprint density at radius 2 is 2.21 bits per heavy atom. The summed E-state index contributed by atoms with van der Waals surface area (Å²) in [6.45, 7) is 4.05. The van der Waals surface area contributed by atoms with Crippen LogP contribution in [0.3, 0.4) is 0 Å². The van der Waals surface area contributed by atoms with Crippen molar-refractivity contribution in [3.8, 4) is 5.75 Å². The molecule has 0 unspecified atom stereocenters. The standard InChI is InChI=1S/C10H8BrNO2.C3H6O2/c1-6(13)14-7-2-3-10-8(4-7)9(11)5-12-10;1-2-5-3-4/h2-5,12H,1H3;3H,2H2,1H3. The van der Waals surface area contributed by atoms with E-state index in [2.05, 4.69) is 25.7 Å². The SMILES string of the molecule is CC(=O)Oc1ccc2[nH]cc(Br)c2c1.CCOC=O. The number of carbonyl (C=O) groups is 2. The molecule has 0 bridgehead atoms. The Balaban J connectivity index is 0.000000312. The van der Waals surface area contributed by atoms with Gasteiger partial charge in [0.15, 0.2) is 0 Å². The van der Waals surface area contributed by atoms with Crippen LogP contribution in [-0.2, 0) is 14.3 Å². The molecule has 0 saturated heterocycles. The molecule has 1 aromatic carbocycles. The Hall–Kier alpha value is -1.82. The molecule has 2 aromatic rings. The van der Waals surface area contributed by atoms with E-state index in [1.54, 1.807) is 13.0 Å². The first kappa shape index (κ1) is 15.2. The number of esters is 1. The number of aromatic amines is 1. The molecule has 5 nitrogen and oxygen atoms in total. The fraction of sp³-hybridized carbons (Fsp3) is 0.231. The summed E-state index contributed by atoms with van der Waals surface area (Å²) >= 11 is 3.40. The van der Waals surface area contributed by atoms with E-state index >= 15 is 0 Å². The van der Waals surface area contributed by atoms with Gasteiger partial charge in [0, 0.05) is 28.5 Å². The van der Waals surface area contributed by atoms with E-state index in [0.717, 1.165) is 15.4 Å². The summed E-state index contributed by atoms with van der Waals surface area (Å²) in [5.41, 5.74) is 1.01. The summed E-state index contributed by atoms with van der Waals surface area (Å²) in [7, 11) is 0. The minimum atomic E-state index is -0.309. The van der Waals surface area contributed by atoms with Crippen molar-refractivity contribution in [2.75, 3.05) is 6.61 Å². The molecule has 0 atom stereocenters. The number of fused-ring (bicyclic) bond motifs is 1. The number of ether oxygens (including phenoxy) is 2. The molecule has 1 aromatic heterocycles. The lowest BCUT2D eigenvalue weighted by Gasteiger charge is -2.00. The maximum Gasteiger partial charge on any atom is 0.308 e. The van der Waals surface area contributed by atoms with Crippen LogP contribution in [0.1, 0.15) is 13.8 Å². The number of halogens is 1. The smallest absolute Gasteiger partial charge is 0.308 e. The summed E-state index contributed by atoms with van der Waals surface area (Å²) in [5.74, 6) is 0.251. The average Bonchev–Trinajstić information content (AvgIpc) is 2.72. The number of hydrogen-bond acceptors (Lipinski definition) is 4. The summed E-state index contributed by atoms with van der Waals surface area (Å²) < 4.78 is 10.1. The molecule has 0 radical (unpaired) electrons. The van der Waals surface area contributed by atoms with Gasteiger partial charge in [0.25, 0.3) is 6.47 Å². The Morgan fingerprint density at radius 3 is 2.74 bits per heavy atom. The Kier molecular flexibility index (Phi) is 6.08. The lowest BCUT2D eigenvalue weighted by atomic mass is 10.2. The quantitative estimate of drug-likeness (QED) is 0.534. The summed E-state index contributed by atoms with van der Waals surface area (Å²) in [5, 5.41) is 1.00. The van der Waals surface area contributed by atoms with E-state index in [9.17, 15) is 9.59 Å². The molecule has 102 valence electrons. The first-order chi connectivity index (χ1) is 9.08. The zero-order chi connectivity index (χ0) is 14.3. The van der Waals surface area contributed by atoms with Crippen LogP contribution < -0.4 is 4.74 Å². The van der Waals surface area contributed by atoms with Gasteiger partial charge in [0.1, 0.15) is 5.75 Å². The predicted molar refractivity (Wildman–Crippen MR) is 75.0 cm³/mol. The molecule has 1 N–H and O–H groups in total. The van der Waals surface area contributed by atoms with Gasteiger partial charge in [-0.15, -0.1) is 0 Å². The minimum Gasteiger partial charge on any atom is -0.468 e. The van der Waals surface area contributed by atoms with Crippen molar-refractivity contribution in [1.82, 2.24) is 4.98 Å². The molecular weight excluding hydrogens is 314 g/mol. The highest BCUT2D eigenvalue weighted by molar-refractivity contribution is 9.10. The van der Waals surface area contributed by atoms with Crippen LogP contribution in [0.25, 0.3) is 10.9 Å². The van der Waals surface area contributed by atoms with Crippen LogP contribution in [-0.4, -0.2) is 24.0 Å².